The zero-order chi connectivity index (χ0) is 22.3. The van der Waals surface area contributed by atoms with Gasteiger partial charge in [0.15, 0.2) is 0 Å². The molecule has 3 aromatic rings. The summed E-state index contributed by atoms with van der Waals surface area (Å²) < 4.78 is 13.5. The number of hydrogen-bond donors (Lipinski definition) is 1. The highest BCUT2D eigenvalue weighted by Gasteiger charge is 2.20. The van der Waals surface area contributed by atoms with Gasteiger partial charge in [0.2, 0.25) is 0 Å². The first kappa shape index (κ1) is 25.2. The summed E-state index contributed by atoms with van der Waals surface area (Å²) in [4.78, 5) is 15.9. The molecule has 1 aromatic heterocycles. The van der Waals surface area contributed by atoms with E-state index >= 15 is 0 Å². The third-order valence-corrected chi connectivity index (χ3v) is 6.96. The van der Waals surface area contributed by atoms with Gasteiger partial charge < -0.3 is 10.2 Å². The average Bonchev–Trinajstić information content (AvgIpc) is 3.25. The van der Waals surface area contributed by atoms with Crippen LogP contribution in [0.25, 0.3) is 5.57 Å². The third-order valence-electron chi connectivity index (χ3n) is 5.90. The summed E-state index contributed by atoms with van der Waals surface area (Å²) in [6.45, 7) is 5.80. The molecule has 0 spiro atoms. The van der Waals surface area contributed by atoms with E-state index in [1.165, 1.54) is 21.6 Å². The van der Waals surface area contributed by atoms with E-state index in [0.717, 1.165) is 44.5 Å². The first-order valence-electron chi connectivity index (χ1n) is 11.2. The van der Waals surface area contributed by atoms with Crippen molar-refractivity contribution in [2.24, 2.45) is 0 Å². The fourth-order valence-electron chi connectivity index (χ4n) is 4.19. The number of rotatable bonds is 7. The lowest BCUT2D eigenvalue weighted by Crippen LogP contribution is -2.34. The second-order valence-corrected chi connectivity index (χ2v) is 9.20. The Morgan fingerprint density at radius 2 is 1.73 bits per heavy atom. The smallest absolute Gasteiger partial charge is 0.251 e. The van der Waals surface area contributed by atoms with Crippen molar-refractivity contribution in [3.05, 3.63) is 99.0 Å². The maximum absolute atomic E-state index is 13.5. The molecule has 0 bridgehead atoms. The molecule has 1 saturated heterocycles. The number of benzene rings is 2. The van der Waals surface area contributed by atoms with Crippen LogP contribution in [0.15, 0.2) is 71.6 Å². The van der Waals surface area contributed by atoms with E-state index in [2.05, 4.69) is 28.6 Å². The molecule has 2 heterocycles. The molecule has 4 rings (SSSR count). The number of nitrogens with one attached hydrogen (secondary N) is 1. The van der Waals surface area contributed by atoms with Crippen molar-refractivity contribution in [2.75, 3.05) is 26.2 Å². The van der Waals surface area contributed by atoms with Gasteiger partial charge in [0.05, 0.1) is 0 Å². The van der Waals surface area contributed by atoms with Crippen molar-refractivity contribution in [1.82, 2.24) is 10.2 Å². The van der Waals surface area contributed by atoms with Crippen LogP contribution in [-0.2, 0) is 0 Å². The normalized spacial score (nSPS) is 13.9. The third kappa shape index (κ3) is 6.76. The van der Waals surface area contributed by atoms with Crippen molar-refractivity contribution in [3.63, 3.8) is 0 Å². The fourth-order valence-corrected chi connectivity index (χ4v) is 5.21. The Bertz CT molecular complexity index is 1070. The number of thiophene rings is 1. The van der Waals surface area contributed by atoms with Crippen LogP contribution in [0.2, 0.25) is 0 Å². The highest BCUT2D eigenvalue weighted by molar-refractivity contribution is 7.11. The number of carbonyl (C=O) groups is 1. The first-order chi connectivity index (χ1) is 15.6. The van der Waals surface area contributed by atoms with Gasteiger partial charge in [0.25, 0.3) is 5.91 Å². The summed E-state index contributed by atoms with van der Waals surface area (Å²) in [5.41, 5.74) is 5.79. The number of piperidine rings is 1. The Morgan fingerprint density at radius 3 is 2.36 bits per heavy atom. The van der Waals surface area contributed by atoms with Crippen LogP contribution in [0.4, 0.5) is 4.39 Å². The summed E-state index contributed by atoms with van der Waals surface area (Å²) in [5, 5.41) is 5.19. The highest BCUT2D eigenvalue weighted by atomic mass is 35.5. The molecule has 0 unspecified atom stereocenters. The van der Waals surface area contributed by atoms with E-state index in [4.69, 9.17) is 0 Å². The molecule has 1 aliphatic heterocycles. The number of likely N-dealkylation sites (tertiary alicyclic amines) is 1. The summed E-state index contributed by atoms with van der Waals surface area (Å²) in [6, 6.07) is 18.5. The van der Waals surface area contributed by atoms with E-state index in [1.54, 1.807) is 23.5 Å². The minimum Gasteiger partial charge on any atom is -0.352 e. The summed E-state index contributed by atoms with van der Waals surface area (Å²) in [7, 11) is 0. The monoisotopic (exact) mass is 484 g/mol. The van der Waals surface area contributed by atoms with Gasteiger partial charge in [-0.3, -0.25) is 4.79 Å². The van der Waals surface area contributed by atoms with E-state index in [-0.39, 0.29) is 24.1 Å². The Morgan fingerprint density at radius 1 is 1.03 bits per heavy atom. The van der Waals surface area contributed by atoms with E-state index < -0.39 is 0 Å². The van der Waals surface area contributed by atoms with Gasteiger partial charge in [0, 0.05) is 30.1 Å². The number of aryl methyl sites for hydroxylation is 1. The quantitative estimate of drug-likeness (QED) is 0.397. The van der Waals surface area contributed by atoms with Crippen LogP contribution in [0.1, 0.15) is 45.6 Å². The van der Waals surface area contributed by atoms with Gasteiger partial charge in [-0.25, -0.2) is 4.39 Å². The highest BCUT2D eigenvalue weighted by Crippen LogP contribution is 2.35. The van der Waals surface area contributed by atoms with Crippen LogP contribution < -0.4 is 5.32 Å². The van der Waals surface area contributed by atoms with Gasteiger partial charge in [-0.2, -0.15) is 0 Å². The molecule has 0 saturated carbocycles. The van der Waals surface area contributed by atoms with Crippen molar-refractivity contribution < 1.29 is 9.18 Å². The maximum Gasteiger partial charge on any atom is 0.251 e. The van der Waals surface area contributed by atoms with Crippen LogP contribution in [0.3, 0.4) is 0 Å². The van der Waals surface area contributed by atoms with Crippen molar-refractivity contribution >= 4 is 35.2 Å². The topological polar surface area (TPSA) is 32.3 Å². The van der Waals surface area contributed by atoms with E-state index in [9.17, 15) is 9.18 Å². The van der Waals surface area contributed by atoms with Crippen LogP contribution in [0.5, 0.6) is 0 Å². The average molecular weight is 485 g/mol. The molecule has 0 atom stereocenters. The first-order valence-corrected chi connectivity index (χ1v) is 12.1. The number of hydrogen-bond acceptors (Lipinski definition) is 3. The predicted molar refractivity (Wildman–Crippen MR) is 138 cm³/mol. The van der Waals surface area contributed by atoms with Crippen molar-refractivity contribution in [3.8, 4) is 0 Å². The number of nitrogens with zero attached hydrogens (tertiary/aromatic N) is 1. The zero-order valence-electron chi connectivity index (χ0n) is 18.9. The molecule has 0 aliphatic carbocycles. The summed E-state index contributed by atoms with van der Waals surface area (Å²) >= 11 is 1.76. The van der Waals surface area contributed by atoms with Crippen LogP contribution in [-0.4, -0.2) is 37.0 Å². The molecule has 6 heteroatoms. The summed E-state index contributed by atoms with van der Waals surface area (Å²) in [6.07, 6.45) is 2.96. The Labute approximate surface area is 205 Å². The Balaban J connectivity index is 0.00000306. The lowest BCUT2D eigenvalue weighted by molar-refractivity contribution is 0.0951. The molecule has 1 N–H and O–H groups in total. The van der Waals surface area contributed by atoms with Gasteiger partial charge in [-0.1, -0.05) is 35.9 Å². The molecule has 1 amide bonds. The lowest BCUT2D eigenvalue weighted by Gasteiger charge is -2.30. The fraction of sp³-hybridized carbons (Fsp3) is 0.296. The van der Waals surface area contributed by atoms with E-state index in [0.29, 0.717) is 12.1 Å². The lowest BCUT2D eigenvalue weighted by atomic mass is 9.92. The Hall–Kier alpha value is -2.47. The van der Waals surface area contributed by atoms with Crippen LogP contribution >= 0.6 is 23.7 Å². The summed E-state index contributed by atoms with van der Waals surface area (Å²) in [5.74, 6) is -0.209. The van der Waals surface area contributed by atoms with E-state index in [1.807, 2.05) is 42.5 Å². The molecule has 2 aromatic carbocycles. The molecule has 1 aliphatic rings. The maximum atomic E-state index is 13.5. The zero-order valence-corrected chi connectivity index (χ0v) is 20.5. The Kier molecular flexibility index (Phi) is 9.24. The molecule has 3 nitrogen and oxygen atoms in total. The number of halogens is 2. The molecular weight excluding hydrogens is 455 g/mol. The molecular formula is C27H30ClFN2OS. The number of carbonyl (C=O) groups excluding carboxylic acids is 1. The van der Waals surface area contributed by atoms with Gasteiger partial charge in [-0.15, -0.1) is 23.7 Å². The van der Waals surface area contributed by atoms with Crippen LogP contribution in [0, 0.1) is 12.7 Å². The van der Waals surface area contributed by atoms with Gasteiger partial charge in [0.1, 0.15) is 5.82 Å². The second-order valence-electron chi connectivity index (χ2n) is 8.29. The molecule has 0 radical (unpaired) electrons. The van der Waals surface area contributed by atoms with Crippen molar-refractivity contribution in [1.29, 1.82) is 0 Å². The minimum atomic E-state index is -0.199. The standard InChI is InChI=1S/C27H29FN2OS.ClH/c1-20-18-25(32-19-20)26(21-8-10-24(28)11-9-21)22-12-16-30(17-13-22)15-5-14-29-27(31)23-6-3-2-4-7-23;/h2-4,6-11,18-19H,5,12-17H2,1H3,(H,29,31);1H. The molecule has 33 heavy (non-hydrogen) atoms. The number of amides is 1. The van der Waals surface area contributed by atoms with Gasteiger partial charge >= 0.3 is 0 Å². The van der Waals surface area contributed by atoms with Crippen molar-refractivity contribution in [2.45, 2.75) is 26.2 Å². The minimum absolute atomic E-state index is 0. The second kappa shape index (κ2) is 12.1. The molecule has 174 valence electrons. The SMILES string of the molecule is Cc1csc(C(=C2CCN(CCCNC(=O)c3ccccc3)CC2)c2ccc(F)cc2)c1.Cl. The predicted octanol–water partition coefficient (Wildman–Crippen LogP) is 6.34. The molecule has 1 fully saturated rings. The largest absolute Gasteiger partial charge is 0.352 e. The van der Waals surface area contributed by atoms with Gasteiger partial charge in [-0.05, 0) is 85.1 Å².